The van der Waals surface area contributed by atoms with E-state index in [-0.39, 0.29) is 6.42 Å². The Hall–Kier alpha value is -2.41. The van der Waals surface area contributed by atoms with E-state index >= 15 is 0 Å². The molecular formula is C14H13ClN2O5. The van der Waals surface area contributed by atoms with E-state index in [9.17, 15) is 19.2 Å². The summed E-state index contributed by atoms with van der Waals surface area (Å²) in [7, 11) is 2.46. The second-order valence-corrected chi connectivity index (χ2v) is 5.17. The number of fused-ring (bicyclic) bond motifs is 1. The van der Waals surface area contributed by atoms with Gasteiger partial charge in [0.05, 0.1) is 13.0 Å². The quantitative estimate of drug-likeness (QED) is 0.828. The highest BCUT2D eigenvalue weighted by atomic mass is 35.5. The maximum absolute atomic E-state index is 12.3. The first-order valence-corrected chi connectivity index (χ1v) is 6.72. The van der Waals surface area contributed by atoms with Crippen LogP contribution in [0.4, 0.5) is 4.79 Å². The predicted molar refractivity (Wildman–Crippen MR) is 76.5 cm³/mol. The van der Waals surface area contributed by atoms with Crippen LogP contribution in [0.3, 0.4) is 0 Å². The van der Waals surface area contributed by atoms with Gasteiger partial charge in [-0.2, -0.15) is 0 Å². The highest BCUT2D eigenvalue weighted by Gasteiger charge is 2.38. The van der Waals surface area contributed by atoms with E-state index in [2.05, 4.69) is 4.74 Å². The van der Waals surface area contributed by atoms with Gasteiger partial charge in [-0.25, -0.2) is 4.79 Å². The van der Waals surface area contributed by atoms with Crippen LogP contribution in [0, 0.1) is 0 Å². The maximum atomic E-state index is 12.3. The number of hydrogen-bond donors (Lipinski definition) is 1. The molecule has 1 unspecified atom stereocenters. The summed E-state index contributed by atoms with van der Waals surface area (Å²) in [6.45, 7) is 0. The van der Waals surface area contributed by atoms with Crippen molar-refractivity contribution in [2.24, 2.45) is 0 Å². The summed E-state index contributed by atoms with van der Waals surface area (Å²) in [5, 5.41) is 2.33. The fraction of sp³-hybridized carbons (Fsp3) is 0.286. The Morgan fingerprint density at radius 2 is 2.05 bits per heavy atom. The van der Waals surface area contributed by atoms with Gasteiger partial charge in [0, 0.05) is 24.1 Å². The standard InChI is InChI=1S/C14H13ClN2O5/c1-17-12(19)8-4-3-7(15)5-9(8)10(13(17)20)6-11(18)16-14(21)22-2/h3-5,10H,6H2,1-2H3,(H,16,18,21). The van der Waals surface area contributed by atoms with Gasteiger partial charge in [0.15, 0.2) is 0 Å². The van der Waals surface area contributed by atoms with Crippen molar-refractivity contribution in [3.63, 3.8) is 0 Å². The van der Waals surface area contributed by atoms with E-state index in [4.69, 9.17) is 11.6 Å². The molecule has 8 heteroatoms. The zero-order valence-electron chi connectivity index (χ0n) is 11.9. The van der Waals surface area contributed by atoms with Crippen molar-refractivity contribution in [1.82, 2.24) is 10.2 Å². The second kappa shape index (κ2) is 6.15. The Labute approximate surface area is 131 Å². The molecule has 1 N–H and O–H groups in total. The van der Waals surface area contributed by atoms with Crippen molar-refractivity contribution in [3.05, 3.63) is 34.3 Å². The van der Waals surface area contributed by atoms with Crippen molar-refractivity contribution in [1.29, 1.82) is 0 Å². The highest BCUT2D eigenvalue weighted by Crippen LogP contribution is 2.33. The Kier molecular flexibility index (Phi) is 4.46. The van der Waals surface area contributed by atoms with E-state index in [1.54, 1.807) is 0 Å². The number of likely N-dealkylation sites (N-methyl/N-ethyl adjacent to an activating group) is 1. The van der Waals surface area contributed by atoms with Crippen LogP contribution in [-0.4, -0.2) is 42.9 Å². The molecule has 1 aromatic carbocycles. The fourth-order valence-electron chi connectivity index (χ4n) is 2.26. The lowest BCUT2D eigenvalue weighted by Gasteiger charge is -2.29. The summed E-state index contributed by atoms with van der Waals surface area (Å²) >= 11 is 5.91. The van der Waals surface area contributed by atoms with Gasteiger partial charge >= 0.3 is 6.09 Å². The molecule has 0 bridgehead atoms. The smallest absolute Gasteiger partial charge is 0.413 e. The van der Waals surface area contributed by atoms with Crippen LogP contribution in [-0.2, 0) is 14.3 Å². The lowest BCUT2D eigenvalue weighted by Crippen LogP contribution is -2.44. The third-order valence-electron chi connectivity index (χ3n) is 3.37. The predicted octanol–water partition coefficient (Wildman–Crippen LogP) is 1.31. The van der Waals surface area contributed by atoms with E-state index in [0.29, 0.717) is 16.1 Å². The zero-order chi connectivity index (χ0) is 16.4. The molecular weight excluding hydrogens is 312 g/mol. The number of benzene rings is 1. The monoisotopic (exact) mass is 324 g/mol. The molecule has 1 aliphatic heterocycles. The number of methoxy groups -OCH3 is 1. The molecule has 0 aliphatic carbocycles. The molecule has 0 fully saturated rings. The Morgan fingerprint density at radius 1 is 1.36 bits per heavy atom. The number of halogens is 1. The molecule has 0 saturated carbocycles. The first-order chi connectivity index (χ1) is 10.3. The first kappa shape index (κ1) is 16.0. The number of nitrogens with zero attached hydrogens (tertiary/aromatic N) is 1. The van der Waals surface area contributed by atoms with Crippen LogP contribution in [0.2, 0.25) is 5.02 Å². The lowest BCUT2D eigenvalue weighted by molar-refractivity contribution is -0.132. The van der Waals surface area contributed by atoms with Crippen molar-refractivity contribution >= 4 is 35.4 Å². The molecule has 0 radical (unpaired) electrons. The number of ether oxygens (including phenoxy) is 1. The molecule has 1 atom stereocenters. The third-order valence-corrected chi connectivity index (χ3v) is 3.60. The van der Waals surface area contributed by atoms with Gasteiger partial charge in [0.1, 0.15) is 0 Å². The summed E-state index contributed by atoms with van der Waals surface area (Å²) in [4.78, 5) is 48.1. The van der Waals surface area contributed by atoms with Crippen LogP contribution in [0.1, 0.15) is 28.3 Å². The number of hydrogen-bond acceptors (Lipinski definition) is 5. The van der Waals surface area contributed by atoms with Crippen LogP contribution < -0.4 is 5.32 Å². The molecule has 1 heterocycles. The minimum atomic E-state index is -0.913. The Morgan fingerprint density at radius 3 is 2.68 bits per heavy atom. The molecule has 116 valence electrons. The molecule has 0 saturated heterocycles. The van der Waals surface area contributed by atoms with E-state index in [1.807, 2.05) is 5.32 Å². The summed E-state index contributed by atoms with van der Waals surface area (Å²) in [6.07, 6.45) is -1.21. The molecule has 2 rings (SSSR count). The Balaban J connectivity index is 2.34. The third kappa shape index (κ3) is 2.94. The first-order valence-electron chi connectivity index (χ1n) is 6.34. The molecule has 4 amide bonds. The van der Waals surface area contributed by atoms with Gasteiger partial charge in [-0.1, -0.05) is 11.6 Å². The molecule has 22 heavy (non-hydrogen) atoms. The number of amides is 4. The van der Waals surface area contributed by atoms with Crippen molar-refractivity contribution in [2.75, 3.05) is 14.2 Å². The molecule has 7 nitrogen and oxygen atoms in total. The normalized spacial score (nSPS) is 17.0. The van der Waals surface area contributed by atoms with Crippen LogP contribution in [0.15, 0.2) is 18.2 Å². The number of nitrogens with one attached hydrogen (secondary N) is 1. The summed E-state index contributed by atoms with van der Waals surface area (Å²) in [5.74, 6) is -2.55. The molecule has 0 spiro atoms. The van der Waals surface area contributed by atoms with E-state index < -0.39 is 29.7 Å². The SMILES string of the molecule is COC(=O)NC(=O)CC1C(=O)N(C)C(=O)c2ccc(Cl)cc21. The van der Waals surface area contributed by atoms with Gasteiger partial charge in [-0.15, -0.1) is 0 Å². The van der Waals surface area contributed by atoms with E-state index in [1.165, 1.54) is 25.2 Å². The van der Waals surface area contributed by atoms with Gasteiger partial charge < -0.3 is 4.74 Å². The van der Waals surface area contributed by atoms with Gasteiger partial charge in [-0.3, -0.25) is 24.6 Å². The summed E-state index contributed by atoms with van der Waals surface area (Å²) in [5.41, 5.74) is 0.683. The lowest BCUT2D eigenvalue weighted by atomic mass is 9.86. The fourth-order valence-corrected chi connectivity index (χ4v) is 2.44. The van der Waals surface area contributed by atoms with Crippen LogP contribution in [0.25, 0.3) is 0 Å². The highest BCUT2D eigenvalue weighted by molar-refractivity contribution is 6.31. The minimum Gasteiger partial charge on any atom is -0.453 e. The topological polar surface area (TPSA) is 92.8 Å². The molecule has 1 aromatic rings. The molecule has 0 aromatic heterocycles. The zero-order valence-corrected chi connectivity index (χ0v) is 12.6. The Bertz CT molecular complexity index is 673. The number of carbonyl (C=O) groups is 4. The number of imide groups is 2. The average molecular weight is 325 g/mol. The summed E-state index contributed by atoms with van der Waals surface area (Å²) in [6, 6.07) is 4.53. The van der Waals surface area contributed by atoms with Crippen molar-refractivity contribution in [3.8, 4) is 0 Å². The van der Waals surface area contributed by atoms with Gasteiger partial charge in [-0.05, 0) is 23.8 Å². The van der Waals surface area contributed by atoms with Crippen molar-refractivity contribution in [2.45, 2.75) is 12.3 Å². The number of rotatable bonds is 2. The summed E-state index contributed by atoms with van der Waals surface area (Å²) < 4.78 is 4.32. The minimum absolute atomic E-state index is 0.293. The largest absolute Gasteiger partial charge is 0.453 e. The van der Waals surface area contributed by atoms with E-state index in [0.717, 1.165) is 12.0 Å². The average Bonchev–Trinajstić information content (AvgIpc) is 2.49. The van der Waals surface area contributed by atoms with Crippen LogP contribution >= 0.6 is 11.6 Å². The number of alkyl carbamates (subject to hydrolysis) is 1. The maximum Gasteiger partial charge on any atom is 0.413 e. The molecule has 1 aliphatic rings. The number of carbonyl (C=O) groups excluding carboxylic acids is 4. The van der Waals surface area contributed by atoms with Gasteiger partial charge in [0.25, 0.3) is 5.91 Å². The van der Waals surface area contributed by atoms with Crippen LogP contribution in [0.5, 0.6) is 0 Å². The van der Waals surface area contributed by atoms with Gasteiger partial charge in [0.2, 0.25) is 11.8 Å². The van der Waals surface area contributed by atoms with Crippen molar-refractivity contribution < 1.29 is 23.9 Å². The second-order valence-electron chi connectivity index (χ2n) is 4.73.